The van der Waals surface area contributed by atoms with Crippen LogP contribution in [0.5, 0.6) is 0 Å². The Balaban J connectivity index is 1.84. The average molecular weight is 236 g/mol. The number of primary amides is 1. The molecule has 0 spiro atoms. The summed E-state index contributed by atoms with van der Waals surface area (Å²) in [5.41, 5.74) is 5.25. The fourth-order valence-corrected chi connectivity index (χ4v) is 2.50. The van der Waals surface area contributed by atoms with Crippen molar-refractivity contribution >= 4 is 17.7 Å². The third kappa shape index (κ3) is 2.54. The Kier molecular flexibility index (Phi) is 3.26. The molecule has 2 N–H and O–H groups in total. The molecule has 0 saturated heterocycles. The molecule has 0 atom stereocenters. The van der Waals surface area contributed by atoms with Gasteiger partial charge in [-0.3, -0.25) is 19.3 Å². The lowest BCUT2D eigenvalue weighted by atomic mass is 9.81. The molecule has 1 aliphatic heterocycles. The van der Waals surface area contributed by atoms with Crippen LogP contribution in [0.4, 0.5) is 0 Å². The van der Waals surface area contributed by atoms with Crippen molar-refractivity contribution in [2.75, 3.05) is 6.54 Å². The van der Waals surface area contributed by atoms with Gasteiger partial charge < -0.3 is 5.73 Å². The monoisotopic (exact) mass is 236 g/mol. The van der Waals surface area contributed by atoms with Gasteiger partial charge >= 0.3 is 0 Å². The van der Waals surface area contributed by atoms with Gasteiger partial charge in [-0.05, 0) is 31.6 Å². The molecule has 0 aromatic heterocycles. The third-order valence-electron chi connectivity index (χ3n) is 3.59. The van der Waals surface area contributed by atoms with Gasteiger partial charge in [0.2, 0.25) is 5.91 Å². The molecular formula is C12H16N2O3. The summed E-state index contributed by atoms with van der Waals surface area (Å²) in [6, 6.07) is 0. The molecule has 92 valence electrons. The summed E-state index contributed by atoms with van der Waals surface area (Å²) in [5, 5.41) is 0. The molecule has 2 aliphatic rings. The normalized spacial score (nSPS) is 28.8. The number of carbonyl (C=O) groups excluding carboxylic acids is 3. The standard InChI is InChI=1S/C12H16N2O3/c13-12(17)9-3-1-8(2-4-9)7-14-10(15)5-6-11(14)16/h5-6,8-9H,1-4,7H2,(H2,13,17)/t8-,9-. The SMILES string of the molecule is NC(=O)[C@H]1CC[C@H](CN2C(=O)C=CC2=O)CC1. The number of amides is 3. The van der Waals surface area contributed by atoms with Crippen molar-refractivity contribution in [1.29, 1.82) is 0 Å². The molecule has 17 heavy (non-hydrogen) atoms. The fourth-order valence-electron chi connectivity index (χ4n) is 2.50. The topological polar surface area (TPSA) is 80.5 Å². The number of nitrogens with two attached hydrogens (primary N) is 1. The quantitative estimate of drug-likeness (QED) is 0.711. The van der Waals surface area contributed by atoms with Crippen LogP contribution >= 0.6 is 0 Å². The Morgan fingerprint density at radius 2 is 1.71 bits per heavy atom. The largest absolute Gasteiger partial charge is 0.369 e. The fraction of sp³-hybridized carbons (Fsp3) is 0.583. The van der Waals surface area contributed by atoms with Gasteiger partial charge in [0.15, 0.2) is 0 Å². The minimum atomic E-state index is -0.238. The minimum absolute atomic E-state index is 0.0330. The Morgan fingerprint density at radius 3 is 2.18 bits per heavy atom. The number of nitrogens with zero attached hydrogens (tertiary/aromatic N) is 1. The van der Waals surface area contributed by atoms with Gasteiger partial charge in [0.1, 0.15) is 0 Å². The first-order valence-electron chi connectivity index (χ1n) is 5.91. The summed E-state index contributed by atoms with van der Waals surface area (Å²) >= 11 is 0. The van der Waals surface area contributed by atoms with Crippen LogP contribution in [0, 0.1) is 11.8 Å². The van der Waals surface area contributed by atoms with Crippen molar-refractivity contribution in [2.45, 2.75) is 25.7 Å². The second kappa shape index (κ2) is 4.69. The van der Waals surface area contributed by atoms with Crippen LogP contribution in [-0.2, 0) is 14.4 Å². The molecule has 1 fully saturated rings. The van der Waals surface area contributed by atoms with Crippen LogP contribution in [0.25, 0.3) is 0 Å². The summed E-state index contributed by atoms with van der Waals surface area (Å²) in [6.07, 6.45) is 5.84. The predicted molar refractivity (Wildman–Crippen MR) is 60.5 cm³/mol. The van der Waals surface area contributed by atoms with Crippen molar-refractivity contribution < 1.29 is 14.4 Å². The van der Waals surface area contributed by atoms with E-state index in [-0.39, 0.29) is 23.6 Å². The number of carbonyl (C=O) groups is 3. The Bertz CT molecular complexity index is 363. The second-order valence-corrected chi connectivity index (χ2v) is 4.74. The number of imide groups is 1. The van der Waals surface area contributed by atoms with Crippen LogP contribution in [0.2, 0.25) is 0 Å². The van der Waals surface area contributed by atoms with E-state index in [4.69, 9.17) is 5.73 Å². The van der Waals surface area contributed by atoms with Gasteiger partial charge in [-0.2, -0.15) is 0 Å². The average Bonchev–Trinajstić information content (AvgIpc) is 2.61. The first-order chi connectivity index (χ1) is 8.08. The molecule has 1 heterocycles. The third-order valence-corrected chi connectivity index (χ3v) is 3.59. The van der Waals surface area contributed by atoms with E-state index in [9.17, 15) is 14.4 Å². The van der Waals surface area contributed by atoms with Crippen molar-refractivity contribution in [3.8, 4) is 0 Å². The van der Waals surface area contributed by atoms with Gasteiger partial charge in [-0.15, -0.1) is 0 Å². The van der Waals surface area contributed by atoms with Crippen LogP contribution < -0.4 is 5.73 Å². The zero-order chi connectivity index (χ0) is 12.4. The second-order valence-electron chi connectivity index (χ2n) is 4.74. The van der Waals surface area contributed by atoms with Crippen LogP contribution in [0.15, 0.2) is 12.2 Å². The first kappa shape index (κ1) is 11.8. The summed E-state index contributed by atoms with van der Waals surface area (Å²) in [5.74, 6) is -0.426. The Labute approximate surface area is 99.6 Å². The lowest BCUT2D eigenvalue weighted by Gasteiger charge is -2.29. The predicted octanol–water partition coefficient (Wildman–Crippen LogP) is 0.203. The van der Waals surface area contributed by atoms with Crippen molar-refractivity contribution in [2.24, 2.45) is 17.6 Å². The van der Waals surface area contributed by atoms with Crippen LogP contribution in [0.1, 0.15) is 25.7 Å². The molecule has 0 radical (unpaired) electrons. The zero-order valence-corrected chi connectivity index (χ0v) is 9.59. The van der Waals surface area contributed by atoms with Crippen LogP contribution in [0.3, 0.4) is 0 Å². The summed E-state index contributed by atoms with van der Waals surface area (Å²) in [7, 11) is 0. The molecule has 5 heteroatoms. The van der Waals surface area contributed by atoms with Gasteiger partial charge in [0.05, 0.1) is 0 Å². The highest BCUT2D eigenvalue weighted by Crippen LogP contribution is 2.29. The van der Waals surface area contributed by atoms with Gasteiger partial charge in [-0.1, -0.05) is 0 Å². The molecule has 1 saturated carbocycles. The van der Waals surface area contributed by atoms with Crippen molar-refractivity contribution in [3.63, 3.8) is 0 Å². The number of hydrogen-bond acceptors (Lipinski definition) is 3. The van der Waals surface area contributed by atoms with E-state index in [1.54, 1.807) is 0 Å². The lowest BCUT2D eigenvalue weighted by Crippen LogP contribution is -2.37. The summed E-state index contributed by atoms with van der Waals surface area (Å²) in [6.45, 7) is 0.468. The van der Waals surface area contributed by atoms with E-state index >= 15 is 0 Å². The molecule has 1 aliphatic carbocycles. The first-order valence-corrected chi connectivity index (χ1v) is 5.91. The molecule has 5 nitrogen and oxygen atoms in total. The summed E-state index contributed by atoms with van der Waals surface area (Å²) in [4.78, 5) is 35.0. The Morgan fingerprint density at radius 1 is 1.18 bits per heavy atom. The van der Waals surface area contributed by atoms with E-state index in [2.05, 4.69) is 0 Å². The zero-order valence-electron chi connectivity index (χ0n) is 9.59. The highest BCUT2D eigenvalue weighted by Gasteiger charge is 2.30. The Hall–Kier alpha value is -1.65. The van der Waals surface area contributed by atoms with E-state index in [1.807, 2.05) is 0 Å². The summed E-state index contributed by atoms with van der Waals surface area (Å²) < 4.78 is 0. The smallest absolute Gasteiger partial charge is 0.253 e. The van der Waals surface area contributed by atoms with Crippen LogP contribution in [-0.4, -0.2) is 29.2 Å². The lowest BCUT2D eigenvalue weighted by molar-refractivity contribution is -0.138. The molecule has 0 unspecified atom stereocenters. The maximum atomic E-state index is 11.4. The molecule has 2 rings (SSSR count). The molecular weight excluding hydrogens is 220 g/mol. The maximum Gasteiger partial charge on any atom is 0.253 e. The van der Waals surface area contributed by atoms with Crippen molar-refractivity contribution in [1.82, 2.24) is 4.90 Å². The van der Waals surface area contributed by atoms with Crippen molar-refractivity contribution in [3.05, 3.63) is 12.2 Å². The molecule has 3 amide bonds. The van der Waals surface area contributed by atoms with E-state index in [0.29, 0.717) is 12.5 Å². The molecule has 0 bridgehead atoms. The number of hydrogen-bond donors (Lipinski definition) is 1. The molecule has 0 aromatic rings. The van der Waals surface area contributed by atoms with Gasteiger partial charge in [-0.25, -0.2) is 0 Å². The highest BCUT2D eigenvalue weighted by atomic mass is 16.2. The van der Waals surface area contributed by atoms with Gasteiger partial charge in [0, 0.05) is 24.6 Å². The highest BCUT2D eigenvalue weighted by molar-refractivity contribution is 6.12. The van der Waals surface area contributed by atoms with E-state index in [0.717, 1.165) is 25.7 Å². The minimum Gasteiger partial charge on any atom is -0.369 e. The molecule has 0 aromatic carbocycles. The maximum absolute atomic E-state index is 11.4. The van der Waals surface area contributed by atoms with E-state index < -0.39 is 0 Å². The number of rotatable bonds is 3. The van der Waals surface area contributed by atoms with Gasteiger partial charge in [0.25, 0.3) is 11.8 Å². The van der Waals surface area contributed by atoms with E-state index in [1.165, 1.54) is 17.1 Å².